The van der Waals surface area contributed by atoms with E-state index in [4.69, 9.17) is 0 Å². The van der Waals surface area contributed by atoms with Gasteiger partial charge in [-0.15, -0.1) is 0 Å². The molecule has 0 aliphatic carbocycles. The zero-order valence-corrected chi connectivity index (χ0v) is 17.1. The van der Waals surface area contributed by atoms with Crippen LogP contribution >= 0.6 is 0 Å². The lowest BCUT2D eigenvalue weighted by atomic mass is 9.85. The molecule has 0 saturated carbocycles. The minimum absolute atomic E-state index is 0.170. The predicted octanol–water partition coefficient (Wildman–Crippen LogP) is 3.14. The number of halogens is 5. The number of hydrogen-bond donors (Lipinski definition) is 0. The first-order chi connectivity index (χ1) is 15.7. The zero-order valence-electron chi connectivity index (χ0n) is 17.1. The normalized spacial score (nSPS) is 21.3. The Morgan fingerprint density at radius 2 is 1.82 bits per heavy atom. The Morgan fingerprint density at radius 1 is 1.03 bits per heavy atom. The lowest BCUT2D eigenvalue weighted by Crippen LogP contribution is -2.37. The van der Waals surface area contributed by atoms with Crippen molar-refractivity contribution in [3.05, 3.63) is 36.3 Å². The first-order valence-corrected chi connectivity index (χ1v) is 10.2. The Morgan fingerprint density at radius 3 is 2.52 bits per heavy atom. The van der Waals surface area contributed by atoms with E-state index < -0.39 is 30.1 Å². The summed E-state index contributed by atoms with van der Waals surface area (Å²) in [5.41, 5.74) is -1.03. The maximum Gasteiger partial charge on any atom is 0.417 e. The van der Waals surface area contributed by atoms with Gasteiger partial charge < -0.3 is 4.90 Å². The van der Waals surface area contributed by atoms with Gasteiger partial charge in [0.05, 0.1) is 23.4 Å². The van der Waals surface area contributed by atoms with E-state index in [2.05, 4.69) is 20.1 Å². The van der Waals surface area contributed by atoms with Crippen LogP contribution in [-0.4, -0.2) is 56.7 Å². The highest BCUT2D eigenvalue weighted by atomic mass is 19.4. The maximum absolute atomic E-state index is 13.3. The van der Waals surface area contributed by atoms with Crippen LogP contribution in [0.4, 0.5) is 33.6 Å². The Hall–Kier alpha value is -3.38. The molecule has 0 aromatic carbocycles. The minimum Gasteiger partial charge on any atom is -0.356 e. The number of aromatic nitrogens is 5. The number of amides is 1. The monoisotopic (exact) mass is 467 g/mol. The summed E-state index contributed by atoms with van der Waals surface area (Å²) < 4.78 is 65.1. The molecule has 33 heavy (non-hydrogen) atoms. The molecule has 0 bridgehead atoms. The van der Waals surface area contributed by atoms with E-state index in [0.717, 1.165) is 16.9 Å². The molecule has 13 heteroatoms. The van der Waals surface area contributed by atoms with Crippen LogP contribution in [0.3, 0.4) is 0 Å². The van der Waals surface area contributed by atoms with Gasteiger partial charge in [-0.1, -0.05) is 0 Å². The van der Waals surface area contributed by atoms with Crippen LogP contribution in [0, 0.1) is 5.41 Å². The molecule has 2 aliphatic heterocycles. The summed E-state index contributed by atoms with van der Waals surface area (Å²) in [6.45, 7) is 0.536. The molecule has 2 fully saturated rings. The van der Waals surface area contributed by atoms with E-state index >= 15 is 0 Å². The van der Waals surface area contributed by atoms with Crippen molar-refractivity contribution >= 4 is 28.7 Å². The van der Waals surface area contributed by atoms with Gasteiger partial charge in [0.1, 0.15) is 17.9 Å². The molecule has 2 saturated heterocycles. The van der Waals surface area contributed by atoms with E-state index in [1.807, 2.05) is 0 Å². The van der Waals surface area contributed by atoms with Crippen LogP contribution in [-0.2, 0) is 17.5 Å². The van der Waals surface area contributed by atoms with Crippen LogP contribution < -0.4 is 9.80 Å². The molecule has 1 amide bonds. The van der Waals surface area contributed by atoms with Gasteiger partial charge in [-0.05, 0) is 25.0 Å². The second-order valence-electron chi connectivity index (χ2n) is 8.22. The summed E-state index contributed by atoms with van der Waals surface area (Å²) in [5.74, 6) is 0.459. The zero-order chi connectivity index (χ0) is 23.4. The van der Waals surface area contributed by atoms with Crippen LogP contribution in [0.25, 0.3) is 11.2 Å². The quantitative estimate of drug-likeness (QED) is 0.549. The third kappa shape index (κ3) is 3.74. The number of alkyl halides is 5. The van der Waals surface area contributed by atoms with Crippen molar-refractivity contribution in [3.8, 4) is 0 Å². The third-order valence-corrected chi connectivity index (χ3v) is 6.19. The Labute approximate surface area is 184 Å². The number of pyridine rings is 1. The lowest BCUT2D eigenvalue weighted by molar-refractivity contribution is -0.137. The first kappa shape index (κ1) is 21.5. The molecule has 1 atom stereocenters. The van der Waals surface area contributed by atoms with Gasteiger partial charge in [0.2, 0.25) is 5.91 Å². The van der Waals surface area contributed by atoms with Crippen LogP contribution in [0.5, 0.6) is 0 Å². The summed E-state index contributed by atoms with van der Waals surface area (Å²) in [7, 11) is 0. The van der Waals surface area contributed by atoms with Crippen LogP contribution in [0.15, 0.2) is 30.7 Å². The van der Waals surface area contributed by atoms with Gasteiger partial charge >= 0.3 is 6.18 Å². The molecule has 1 unspecified atom stereocenters. The standard InChI is InChI=1S/C20H18F5N7O/c21-14(22)10-32-17-13(8-28-32)26-9-16(29-17)31-6-4-19(18(31)33)3-5-30(11-19)15-2-1-12(7-27-15)20(23,24)25/h1-2,7-9,14H,3-6,10-11H2. The minimum atomic E-state index is -4.47. The topological polar surface area (TPSA) is 80.0 Å². The predicted molar refractivity (Wildman–Crippen MR) is 107 cm³/mol. The molecule has 174 valence electrons. The summed E-state index contributed by atoms with van der Waals surface area (Å²) in [6.07, 6.45) is -2.49. The SMILES string of the molecule is O=C1N(c2cnc3cnn(CC(F)F)c3n2)CCC12CCN(c1ccc(C(F)(F)F)cn1)C2. The lowest BCUT2D eigenvalue weighted by Gasteiger charge is -2.24. The van der Waals surface area contributed by atoms with E-state index in [0.29, 0.717) is 43.8 Å². The van der Waals surface area contributed by atoms with Crippen molar-refractivity contribution in [2.45, 2.75) is 32.0 Å². The number of carbonyl (C=O) groups is 1. The first-order valence-electron chi connectivity index (χ1n) is 10.2. The molecule has 8 nitrogen and oxygen atoms in total. The number of carbonyl (C=O) groups excluding carboxylic acids is 1. The molecule has 0 N–H and O–H groups in total. The molecule has 1 spiro atoms. The molecule has 5 rings (SSSR count). The van der Waals surface area contributed by atoms with Crippen molar-refractivity contribution in [2.75, 3.05) is 29.4 Å². The molecule has 0 radical (unpaired) electrons. The second kappa shape index (κ2) is 7.59. The van der Waals surface area contributed by atoms with Crippen molar-refractivity contribution in [3.63, 3.8) is 0 Å². The van der Waals surface area contributed by atoms with Gasteiger partial charge in [0, 0.05) is 25.8 Å². The molecule has 5 heterocycles. The van der Waals surface area contributed by atoms with E-state index in [1.54, 1.807) is 4.90 Å². The highest BCUT2D eigenvalue weighted by Crippen LogP contribution is 2.43. The number of anilines is 2. The van der Waals surface area contributed by atoms with Gasteiger partial charge in [-0.3, -0.25) is 9.69 Å². The van der Waals surface area contributed by atoms with Gasteiger partial charge in [0.15, 0.2) is 11.5 Å². The fourth-order valence-corrected chi connectivity index (χ4v) is 4.46. The van der Waals surface area contributed by atoms with Crippen molar-refractivity contribution in [1.29, 1.82) is 0 Å². The highest BCUT2D eigenvalue weighted by molar-refractivity contribution is 6.00. The second-order valence-corrected chi connectivity index (χ2v) is 8.22. The van der Waals surface area contributed by atoms with E-state index in [1.165, 1.54) is 23.4 Å². The largest absolute Gasteiger partial charge is 0.417 e. The van der Waals surface area contributed by atoms with Crippen molar-refractivity contribution in [2.24, 2.45) is 5.41 Å². The number of fused-ring (bicyclic) bond motifs is 1. The Kier molecular flexibility index (Phi) is 4.94. The van der Waals surface area contributed by atoms with Crippen LogP contribution in [0.1, 0.15) is 18.4 Å². The summed E-state index contributed by atoms with van der Waals surface area (Å²) in [4.78, 5) is 29.1. The number of rotatable bonds is 4. The molecule has 3 aromatic heterocycles. The van der Waals surface area contributed by atoms with E-state index in [-0.39, 0.29) is 17.4 Å². The highest BCUT2D eigenvalue weighted by Gasteiger charge is 2.51. The Balaban J connectivity index is 1.35. The summed E-state index contributed by atoms with van der Waals surface area (Å²) >= 11 is 0. The molecular formula is C20H18F5N7O. The fourth-order valence-electron chi connectivity index (χ4n) is 4.46. The average molecular weight is 467 g/mol. The Bertz CT molecular complexity index is 1200. The maximum atomic E-state index is 13.3. The van der Waals surface area contributed by atoms with Gasteiger partial charge in [0.25, 0.3) is 6.43 Å². The molecule has 2 aliphatic rings. The number of nitrogens with zero attached hydrogens (tertiary/aromatic N) is 7. The summed E-state index contributed by atoms with van der Waals surface area (Å²) in [6, 6.07) is 2.28. The van der Waals surface area contributed by atoms with Crippen molar-refractivity contribution < 1.29 is 26.7 Å². The smallest absolute Gasteiger partial charge is 0.356 e. The molecule has 3 aromatic rings. The average Bonchev–Trinajstić information content (AvgIpc) is 3.46. The van der Waals surface area contributed by atoms with E-state index in [9.17, 15) is 26.7 Å². The van der Waals surface area contributed by atoms with Crippen molar-refractivity contribution in [1.82, 2.24) is 24.7 Å². The fraction of sp³-hybridized carbons (Fsp3) is 0.450. The summed E-state index contributed by atoms with van der Waals surface area (Å²) in [5, 5.41) is 3.88. The molecular weight excluding hydrogens is 449 g/mol. The van der Waals surface area contributed by atoms with Gasteiger partial charge in [-0.25, -0.2) is 28.4 Å². The number of hydrogen-bond acceptors (Lipinski definition) is 6. The third-order valence-electron chi connectivity index (χ3n) is 6.19. The van der Waals surface area contributed by atoms with Gasteiger partial charge in [-0.2, -0.15) is 18.3 Å². The van der Waals surface area contributed by atoms with Crippen LogP contribution in [0.2, 0.25) is 0 Å².